The van der Waals surface area contributed by atoms with E-state index < -0.39 is 0 Å². The summed E-state index contributed by atoms with van der Waals surface area (Å²) in [5.74, 6) is 6.17. The van der Waals surface area contributed by atoms with Crippen molar-refractivity contribution in [3.8, 4) is 0 Å². The first kappa shape index (κ1) is 10.2. The second kappa shape index (κ2) is 3.47. The third-order valence-corrected chi connectivity index (χ3v) is 1.70. The molecule has 6 heteroatoms. The highest BCUT2D eigenvalue weighted by Crippen LogP contribution is 2.09. The fraction of sp³-hybridized carbons (Fsp3) is 0.714. The highest BCUT2D eigenvalue weighted by atomic mass is 32.1. The fourth-order valence-corrected chi connectivity index (χ4v) is 0.871. The lowest BCUT2D eigenvalue weighted by atomic mass is 10.2. The molecular weight excluding hydrogens is 188 g/mol. The molecule has 1 aromatic heterocycles. The summed E-state index contributed by atoms with van der Waals surface area (Å²) in [7, 11) is 0. The van der Waals surface area contributed by atoms with Crippen LogP contribution in [0.1, 0.15) is 26.6 Å². The summed E-state index contributed by atoms with van der Waals surface area (Å²) in [6, 6.07) is 0. The number of ether oxygens (including phenoxy) is 1. The van der Waals surface area contributed by atoms with Gasteiger partial charge in [-0.05, 0) is 33.0 Å². The maximum absolute atomic E-state index is 5.57. The molecule has 0 aliphatic carbocycles. The van der Waals surface area contributed by atoms with Crippen LogP contribution in [0.25, 0.3) is 0 Å². The van der Waals surface area contributed by atoms with Crippen LogP contribution in [0.5, 0.6) is 0 Å². The molecule has 74 valence electrons. The molecule has 0 aliphatic heterocycles. The highest BCUT2D eigenvalue weighted by molar-refractivity contribution is 7.71. The van der Waals surface area contributed by atoms with Crippen molar-refractivity contribution in [3.63, 3.8) is 0 Å². The Labute approximate surface area is 81.9 Å². The zero-order valence-corrected chi connectivity index (χ0v) is 8.81. The number of nitrogens with zero attached hydrogens (tertiary/aromatic N) is 2. The molecule has 3 N–H and O–H groups in total. The second-order valence-corrected chi connectivity index (χ2v) is 4.10. The van der Waals surface area contributed by atoms with Crippen molar-refractivity contribution in [2.24, 2.45) is 0 Å². The van der Waals surface area contributed by atoms with E-state index in [2.05, 4.69) is 10.2 Å². The normalized spacial score (nSPS) is 11.9. The summed E-state index contributed by atoms with van der Waals surface area (Å²) < 4.78 is 7.18. The summed E-state index contributed by atoms with van der Waals surface area (Å²) in [6.45, 7) is 6.26. The number of aromatic nitrogens is 3. The van der Waals surface area contributed by atoms with Gasteiger partial charge in [0.05, 0.1) is 5.60 Å². The largest absolute Gasteiger partial charge is 0.368 e. The molecule has 0 aromatic carbocycles. The van der Waals surface area contributed by atoms with Crippen LogP contribution in [0, 0.1) is 4.77 Å². The van der Waals surface area contributed by atoms with Crippen molar-refractivity contribution >= 4 is 12.2 Å². The average Bonchev–Trinajstić information content (AvgIpc) is 2.29. The van der Waals surface area contributed by atoms with Crippen LogP contribution in [-0.4, -0.2) is 20.5 Å². The van der Waals surface area contributed by atoms with E-state index in [-0.39, 0.29) is 5.60 Å². The smallest absolute Gasteiger partial charge is 0.214 e. The van der Waals surface area contributed by atoms with Crippen LogP contribution < -0.4 is 5.84 Å². The van der Waals surface area contributed by atoms with E-state index in [0.717, 1.165) is 0 Å². The second-order valence-electron chi connectivity index (χ2n) is 3.72. The lowest BCUT2D eigenvalue weighted by Crippen LogP contribution is -2.22. The van der Waals surface area contributed by atoms with Crippen LogP contribution >= 0.6 is 12.2 Å². The molecule has 1 rings (SSSR count). The Morgan fingerprint density at radius 3 is 2.62 bits per heavy atom. The van der Waals surface area contributed by atoms with E-state index in [9.17, 15) is 0 Å². The van der Waals surface area contributed by atoms with Crippen LogP contribution in [-0.2, 0) is 11.3 Å². The molecule has 0 amide bonds. The predicted octanol–water partition coefficient (Wildman–Crippen LogP) is 0.970. The topological polar surface area (TPSA) is 68.9 Å². The molecule has 0 aliphatic rings. The molecule has 0 fully saturated rings. The SMILES string of the molecule is CC(C)(C)OCc1n[nH]c(=S)n1N. The van der Waals surface area contributed by atoms with Gasteiger partial charge in [0.25, 0.3) is 0 Å². The average molecular weight is 202 g/mol. The quantitative estimate of drug-likeness (QED) is 0.554. The Bertz CT molecular complexity index is 335. The number of rotatable bonds is 2. The minimum atomic E-state index is -0.201. The van der Waals surface area contributed by atoms with Gasteiger partial charge in [-0.25, -0.2) is 4.68 Å². The number of nitrogen functional groups attached to an aromatic ring is 1. The first-order chi connectivity index (χ1) is 5.90. The number of H-pyrrole nitrogens is 1. The molecule has 0 unspecified atom stereocenters. The molecule has 13 heavy (non-hydrogen) atoms. The Morgan fingerprint density at radius 2 is 2.23 bits per heavy atom. The Hall–Kier alpha value is -0.880. The number of hydrogen-bond donors (Lipinski definition) is 2. The molecule has 1 heterocycles. The van der Waals surface area contributed by atoms with Crippen molar-refractivity contribution in [2.45, 2.75) is 33.0 Å². The number of nitrogens with one attached hydrogen (secondary N) is 1. The molecule has 0 bridgehead atoms. The van der Waals surface area contributed by atoms with Gasteiger partial charge in [-0.2, -0.15) is 5.10 Å². The monoisotopic (exact) mass is 202 g/mol. The van der Waals surface area contributed by atoms with Gasteiger partial charge in [0.2, 0.25) is 4.77 Å². The molecular formula is C7H14N4OS. The van der Waals surface area contributed by atoms with Crippen molar-refractivity contribution in [2.75, 3.05) is 5.84 Å². The van der Waals surface area contributed by atoms with Gasteiger partial charge in [0.15, 0.2) is 5.82 Å². The van der Waals surface area contributed by atoms with E-state index in [4.69, 9.17) is 22.8 Å². The maximum atomic E-state index is 5.57. The van der Waals surface area contributed by atoms with E-state index in [1.165, 1.54) is 4.68 Å². The van der Waals surface area contributed by atoms with Gasteiger partial charge in [-0.3, -0.25) is 5.10 Å². The van der Waals surface area contributed by atoms with E-state index in [0.29, 0.717) is 17.2 Å². The first-order valence-electron chi connectivity index (χ1n) is 3.95. The van der Waals surface area contributed by atoms with Gasteiger partial charge in [-0.15, -0.1) is 0 Å². The van der Waals surface area contributed by atoms with Crippen LogP contribution in [0.2, 0.25) is 0 Å². The van der Waals surface area contributed by atoms with Crippen LogP contribution in [0.4, 0.5) is 0 Å². The third-order valence-electron chi connectivity index (χ3n) is 1.41. The van der Waals surface area contributed by atoms with Gasteiger partial charge in [0, 0.05) is 0 Å². The number of nitrogens with two attached hydrogens (primary N) is 1. The number of aromatic amines is 1. The van der Waals surface area contributed by atoms with Crippen molar-refractivity contribution < 1.29 is 4.74 Å². The van der Waals surface area contributed by atoms with Gasteiger partial charge in [0.1, 0.15) is 6.61 Å². The minimum absolute atomic E-state index is 0.201. The number of hydrogen-bond acceptors (Lipinski definition) is 4. The molecule has 0 radical (unpaired) electrons. The van der Waals surface area contributed by atoms with E-state index in [1.807, 2.05) is 20.8 Å². The van der Waals surface area contributed by atoms with Crippen molar-refractivity contribution in [1.29, 1.82) is 0 Å². The van der Waals surface area contributed by atoms with E-state index in [1.54, 1.807) is 0 Å². The Morgan fingerprint density at radius 1 is 1.62 bits per heavy atom. The van der Waals surface area contributed by atoms with Crippen LogP contribution in [0.15, 0.2) is 0 Å². The third kappa shape index (κ3) is 2.82. The summed E-state index contributed by atoms with van der Waals surface area (Å²) >= 11 is 4.85. The molecule has 0 atom stereocenters. The van der Waals surface area contributed by atoms with Crippen LogP contribution in [0.3, 0.4) is 0 Å². The summed E-state index contributed by atoms with van der Waals surface area (Å²) in [5, 5.41) is 6.50. The van der Waals surface area contributed by atoms with E-state index >= 15 is 0 Å². The molecule has 0 saturated heterocycles. The Balaban J connectivity index is 2.66. The molecule has 0 saturated carbocycles. The standard InChI is InChI=1S/C7H14N4OS/c1-7(2,3)12-4-5-9-10-6(13)11(5)8/h4,8H2,1-3H3,(H,10,13). The lowest BCUT2D eigenvalue weighted by Gasteiger charge is -2.18. The van der Waals surface area contributed by atoms with Gasteiger partial charge in [-0.1, -0.05) is 0 Å². The summed E-state index contributed by atoms with van der Waals surface area (Å²) in [5.41, 5.74) is -0.201. The molecule has 0 spiro atoms. The summed E-state index contributed by atoms with van der Waals surface area (Å²) in [4.78, 5) is 0. The zero-order chi connectivity index (χ0) is 10.1. The first-order valence-corrected chi connectivity index (χ1v) is 4.36. The van der Waals surface area contributed by atoms with Gasteiger partial charge >= 0.3 is 0 Å². The molecule has 1 aromatic rings. The fourth-order valence-electron chi connectivity index (χ4n) is 0.720. The minimum Gasteiger partial charge on any atom is -0.368 e. The lowest BCUT2D eigenvalue weighted by molar-refractivity contribution is -0.0189. The maximum Gasteiger partial charge on any atom is 0.214 e. The van der Waals surface area contributed by atoms with Gasteiger partial charge < -0.3 is 10.6 Å². The zero-order valence-electron chi connectivity index (χ0n) is 8.00. The predicted molar refractivity (Wildman–Crippen MR) is 52.1 cm³/mol. The Kier molecular flexibility index (Phi) is 2.72. The van der Waals surface area contributed by atoms with Crippen molar-refractivity contribution in [1.82, 2.24) is 14.9 Å². The summed E-state index contributed by atoms with van der Waals surface area (Å²) in [6.07, 6.45) is 0. The highest BCUT2D eigenvalue weighted by Gasteiger charge is 2.12. The molecule has 5 nitrogen and oxygen atoms in total. The van der Waals surface area contributed by atoms with Crippen molar-refractivity contribution in [3.05, 3.63) is 10.6 Å².